The van der Waals surface area contributed by atoms with E-state index in [0.717, 1.165) is 10.2 Å². The molecule has 0 fully saturated rings. The van der Waals surface area contributed by atoms with Gasteiger partial charge >= 0.3 is 0 Å². The number of halogens is 1. The monoisotopic (exact) mass is 346 g/mol. The van der Waals surface area contributed by atoms with E-state index in [9.17, 15) is 5.11 Å². The Morgan fingerprint density at radius 3 is 2.67 bits per heavy atom. The number of phenols is 1. The lowest BCUT2D eigenvalue weighted by molar-refractivity contribution is 0.384. The maximum Gasteiger partial charge on any atom is 0.246 e. The quantitative estimate of drug-likeness (QED) is 0.705. The van der Waals surface area contributed by atoms with Gasteiger partial charge in [-0.1, -0.05) is 5.16 Å². The smallest absolute Gasteiger partial charge is 0.246 e. The number of nitrogens with zero attached hydrogens (tertiary/aromatic N) is 3. The van der Waals surface area contributed by atoms with E-state index >= 15 is 0 Å². The molecule has 0 atom stereocenters. The van der Waals surface area contributed by atoms with Crippen LogP contribution in [-0.4, -0.2) is 20.2 Å². The summed E-state index contributed by atoms with van der Waals surface area (Å²) in [5, 5.41) is 16.2. The van der Waals surface area contributed by atoms with Gasteiger partial charge in [0, 0.05) is 16.4 Å². The van der Waals surface area contributed by atoms with Crippen molar-refractivity contribution in [2.75, 3.05) is 5.32 Å². The molecule has 6 nitrogen and oxygen atoms in total. The number of aromatic hydroxyl groups is 1. The van der Waals surface area contributed by atoms with Gasteiger partial charge in [-0.05, 0) is 52.3 Å². The van der Waals surface area contributed by atoms with Gasteiger partial charge in [0.1, 0.15) is 11.4 Å². The van der Waals surface area contributed by atoms with Crippen LogP contribution in [0, 0.1) is 0 Å². The van der Waals surface area contributed by atoms with Crippen molar-refractivity contribution < 1.29 is 9.63 Å². The summed E-state index contributed by atoms with van der Waals surface area (Å²) in [6.07, 6.45) is 1.68. The van der Waals surface area contributed by atoms with E-state index in [-0.39, 0.29) is 5.75 Å². The molecule has 3 rings (SSSR count). The number of hydrogen-bond donors (Lipinski definition) is 2. The molecule has 0 amide bonds. The molecule has 0 spiro atoms. The Morgan fingerprint density at radius 1 is 1.14 bits per heavy atom. The zero-order valence-electron chi connectivity index (χ0n) is 10.8. The maximum atomic E-state index is 9.21. The fourth-order valence-electron chi connectivity index (χ4n) is 1.70. The van der Waals surface area contributed by atoms with Gasteiger partial charge in [0.25, 0.3) is 0 Å². The van der Waals surface area contributed by atoms with E-state index in [1.165, 1.54) is 0 Å². The summed E-state index contributed by atoms with van der Waals surface area (Å²) in [6.45, 7) is 0.397. The summed E-state index contributed by atoms with van der Waals surface area (Å²) in [7, 11) is 0. The highest BCUT2D eigenvalue weighted by Gasteiger charge is 2.09. The summed E-state index contributed by atoms with van der Waals surface area (Å²) < 4.78 is 6.06. The molecule has 2 aromatic heterocycles. The molecule has 0 aliphatic rings. The van der Waals surface area contributed by atoms with E-state index < -0.39 is 0 Å². The first-order chi connectivity index (χ1) is 10.2. The number of phenolic OH excluding ortho intramolecular Hbond substituents is 1. The van der Waals surface area contributed by atoms with Crippen LogP contribution in [0.5, 0.6) is 5.75 Å². The zero-order chi connectivity index (χ0) is 14.7. The third-order valence-electron chi connectivity index (χ3n) is 2.74. The van der Waals surface area contributed by atoms with Crippen molar-refractivity contribution in [3.05, 3.63) is 53.0 Å². The molecular formula is C14H11BrN4O2. The molecule has 1 aromatic carbocycles. The van der Waals surface area contributed by atoms with Crippen LogP contribution in [0.4, 0.5) is 5.69 Å². The molecule has 106 valence electrons. The minimum absolute atomic E-state index is 0.224. The first-order valence-electron chi connectivity index (χ1n) is 6.18. The standard InChI is InChI=1S/C14H11BrN4O2/c15-9-1-6-12(17-7-9)14-18-13(21-19-14)8-16-10-2-4-11(20)5-3-10/h1-7,16,20H,8H2. The summed E-state index contributed by atoms with van der Waals surface area (Å²) in [6, 6.07) is 10.4. The number of rotatable bonds is 4. The number of hydrogen-bond acceptors (Lipinski definition) is 6. The minimum Gasteiger partial charge on any atom is -0.508 e. The number of nitrogens with one attached hydrogen (secondary N) is 1. The molecule has 2 heterocycles. The summed E-state index contributed by atoms with van der Waals surface area (Å²) in [5.74, 6) is 1.13. The Bertz CT molecular complexity index is 725. The molecule has 0 aliphatic heterocycles. The van der Waals surface area contributed by atoms with Gasteiger partial charge in [-0.2, -0.15) is 4.98 Å². The Hall–Kier alpha value is -2.41. The summed E-state index contributed by atoms with van der Waals surface area (Å²) in [4.78, 5) is 8.49. The Morgan fingerprint density at radius 2 is 1.95 bits per heavy atom. The van der Waals surface area contributed by atoms with Crippen molar-refractivity contribution >= 4 is 21.6 Å². The predicted octanol–water partition coefficient (Wildman–Crippen LogP) is 3.21. The fraction of sp³-hybridized carbons (Fsp3) is 0.0714. The maximum absolute atomic E-state index is 9.21. The molecule has 21 heavy (non-hydrogen) atoms. The van der Waals surface area contributed by atoms with Crippen LogP contribution in [0.3, 0.4) is 0 Å². The van der Waals surface area contributed by atoms with Crippen LogP contribution in [0.1, 0.15) is 5.89 Å². The summed E-state index contributed by atoms with van der Waals surface area (Å²) in [5.41, 5.74) is 1.51. The molecule has 7 heteroatoms. The molecule has 0 bridgehead atoms. The Kier molecular flexibility index (Phi) is 3.83. The molecular weight excluding hydrogens is 336 g/mol. The van der Waals surface area contributed by atoms with Crippen LogP contribution in [-0.2, 0) is 6.54 Å². The lowest BCUT2D eigenvalue weighted by Crippen LogP contribution is -1.99. The second-order valence-electron chi connectivity index (χ2n) is 4.27. The van der Waals surface area contributed by atoms with E-state index in [2.05, 4.69) is 36.4 Å². The van der Waals surface area contributed by atoms with Crippen molar-refractivity contribution in [2.24, 2.45) is 0 Å². The molecule has 0 saturated carbocycles. The second kappa shape index (κ2) is 5.92. The van der Waals surface area contributed by atoms with Crippen molar-refractivity contribution in [1.82, 2.24) is 15.1 Å². The van der Waals surface area contributed by atoms with Gasteiger partial charge < -0.3 is 14.9 Å². The van der Waals surface area contributed by atoms with Crippen molar-refractivity contribution in [3.8, 4) is 17.3 Å². The van der Waals surface area contributed by atoms with E-state index in [1.807, 2.05) is 12.1 Å². The number of anilines is 1. The number of pyridine rings is 1. The predicted molar refractivity (Wildman–Crippen MR) is 80.7 cm³/mol. The lowest BCUT2D eigenvalue weighted by Gasteiger charge is -2.02. The van der Waals surface area contributed by atoms with E-state index in [1.54, 1.807) is 30.5 Å². The highest BCUT2D eigenvalue weighted by atomic mass is 79.9. The molecule has 0 unspecified atom stereocenters. The van der Waals surface area contributed by atoms with Gasteiger partial charge in [0.15, 0.2) is 0 Å². The molecule has 0 aliphatic carbocycles. The van der Waals surface area contributed by atoms with Crippen LogP contribution in [0.25, 0.3) is 11.5 Å². The highest BCUT2D eigenvalue weighted by molar-refractivity contribution is 9.10. The topological polar surface area (TPSA) is 84.1 Å². The van der Waals surface area contributed by atoms with Crippen LogP contribution < -0.4 is 5.32 Å². The third-order valence-corrected chi connectivity index (χ3v) is 3.20. The van der Waals surface area contributed by atoms with E-state index in [4.69, 9.17) is 4.52 Å². The number of benzene rings is 1. The second-order valence-corrected chi connectivity index (χ2v) is 5.19. The molecule has 2 N–H and O–H groups in total. The van der Waals surface area contributed by atoms with Gasteiger partial charge in [0.05, 0.1) is 6.54 Å². The van der Waals surface area contributed by atoms with Gasteiger partial charge in [0.2, 0.25) is 11.7 Å². The van der Waals surface area contributed by atoms with Crippen LogP contribution in [0.2, 0.25) is 0 Å². The largest absolute Gasteiger partial charge is 0.508 e. The first-order valence-corrected chi connectivity index (χ1v) is 6.97. The lowest BCUT2D eigenvalue weighted by atomic mass is 10.3. The van der Waals surface area contributed by atoms with E-state index in [0.29, 0.717) is 24.0 Å². The fourth-order valence-corrected chi connectivity index (χ4v) is 1.93. The van der Waals surface area contributed by atoms with Crippen LogP contribution in [0.15, 0.2) is 51.6 Å². The zero-order valence-corrected chi connectivity index (χ0v) is 12.4. The SMILES string of the molecule is Oc1ccc(NCc2nc(-c3ccc(Br)cn3)no2)cc1. The highest BCUT2D eigenvalue weighted by Crippen LogP contribution is 2.17. The van der Waals surface area contributed by atoms with Gasteiger partial charge in [-0.3, -0.25) is 4.98 Å². The molecule has 0 saturated heterocycles. The normalized spacial score (nSPS) is 10.5. The van der Waals surface area contributed by atoms with Crippen LogP contribution >= 0.6 is 15.9 Å². The summed E-state index contributed by atoms with van der Waals surface area (Å²) >= 11 is 3.32. The van der Waals surface area contributed by atoms with Crippen molar-refractivity contribution in [3.63, 3.8) is 0 Å². The minimum atomic E-state index is 0.224. The average Bonchev–Trinajstić information content (AvgIpc) is 2.96. The van der Waals surface area contributed by atoms with Gasteiger partial charge in [-0.25, -0.2) is 0 Å². The third kappa shape index (κ3) is 3.38. The first kappa shape index (κ1) is 13.6. The average molecular weight is 347 g/mol. The molecule has 3 aromatic rings. The van der Waals surface area contributed by atoms with Crippen molar-refractivity contribution in [1.29, 1.82) is 0 Å². The number of aromatic nitrogens is 3. The molecule has 0 radical (unpaired) electrons. The van der Waals surface area contributed by atoms with Gasteiger partial charge in [-0.15, -0.1) is 0 Å². The Balaban J connectivity index is 1.67. The Labute approximate surface area is 129 Å². The van der Waals surface area contributed by atoms with Crippen molar-refractivity contribution in [2.45, 2.75) is 6.54 Å².